The molecule has 9 heteroatoms. The van der Waals surface area contributed by atoms with Gasteiger partial charge in [0.1, 0.15) is 5.58 Å². The van der Waals surface area contributed by atoms with E-state index in [0.29, 0.717) is 34.5 Å². The molecule has 0 N–H and O–H groups in total. The maximum absolute atomic E-state index is 13.6. The maximum atomic E-state index is 13.6. The van der Waals surface area contributed by atoms with E-state index in [2.05, 4.69) is 18.7 Å². The van der Waals surface area contributed by atoms with Gasteiger partial charge in [-0.05, 0) is 68.4 Å². The minimum atomic E-state index is -0.694. The first-order valence-corrected chi connectivity index (χ1v) is 11.7. The number of rotatable bonds is 8. The van der Waals surface area contributed by atoms with Crippen LogP contribution in [0.2, 0.25) is 5.02 Å². The number of aryl methyl sites for hydroxylation is 1. The molecule has 1 amide bonds. The van der Waals surface area contributed by atoms with E-state index < -0.39 is 11.0 Å². The molecule has 8 nitrogen and oxygen atoms in total. The number of non-ortho nitro benzene ring substituents is 1. The third-order valence-corrected chi connectivity index (χ3v) is 6.84. The summed E-state index contributed by atoms with van der Waals surface area (Å²) in [7, 11) is 0. The molecule has 0 radical (unpaired) electrons. The summed E-state index contributed by atoms with van der Waals surface area (Å²) in [4.78, 5) is 41.6. The molecule has 0 fully saturated rings. The highest BCUT2D eigenvalue weighted by molar-refractivity contribution is 6.32. The van der Waals surface area contributed by atoms with Crippen molar-refractivity contribution in [2.45, 2.75) is 33.2 Å². The molecule has 2 aromatic carbocycles. The summed E-state index contributed by atoms with van der Waals surface area (Å²) in [6, 6.07) is 8.49. The predicted molar refractivity (Wildman–Crippen MR) is 131 cm³/mol. The van der Waals surface area contributed by atoms with Crippen molar-refractivity contribution in [3.05, 3.63) is 84.2 Å². The van der Waals surface area contributed by atoms with E-state index in [0.717, 1.165) is 25.2 Å². The van der Waals surface area contributed by atoms with Crippen molar-refractivity contribution in [3.8, 4) is 0 Å². The van der Waals surface area contributed by atoms with Crippen LogP contribution in [0.4, 0.5) is 5.69 Å². The van der Waals surface area contributed by atoms with E-state index in [4.69, 9.17) is 16.0 Å². The number of fused-ring (bicyclic) bond motifs is 2. The fourth-order valence-corrected chi connectivity index (χ4v) is 4.66. The van der Waals surface area contributed by atoms with E-state index in [1.807, 2.05) is 0 Å². The molecule has 178 valence electrons. The van der Waals surface area contributed by atoms with Crippen LogP contribution in [-0.4, -0.2) is 46.8 Å². The number of amides is 1. The van der Waals surface area contributed by atoms with Crippen molar-refractivity contribution >= 4 is 34.2 Å². The van der Waals surface area contributed by atoms with Gasteiger partial charge < -0.3 is 14.2 Å². The molecule has 3 aromatic rings. The summed E-state index contributed by atoms with van der Waals surface area (Å²) >= 11 is 6.27. The molecule has 0 saturated heterocycles. The Balaban J connectivity index is 1.82. The first-order chi connectivity index (χ1) is 16.3. The monoisotopic (exact) mass is 483 g/mol. The highest BCUT2D eigenvalue weighted by Crippen LogP contribution is 2.39. The standard InChI is InChI=1S/C25H26ClN3O5/c1-4-27(5-2)11-6-12-28-22(16-7-9-17(10-8-16)29(32)33)21-23(30)18-14-19(26)15(3)13-20(18)34-24(21)25(28)31/h7-10,13-14,22H,4-6,11-12H2,1-3H3. The number of nitro groups is 1. The van der Waals surface area contributed by atoms with E-state index in [9.17, 15) is 19.7 Å². The quantitative estimate of drug-likeness (QED) is 0.332. The van der Waals surface area contributed by atoms with Crippen LogP contribution >= 0.6 is 11.6 Å². The second-order valence-corrected chi connectivity index (χ2v) is 8.81. The van der Waals surface area contributed by atoms with Gasteiger partial charge in [-0.1, -0.05) is 25.4 Å². The van der Waals surface area contributed by atoms with Gasteiger partial charge in [0.15, 0.2) is 5.43 Å². The summed E-state index contributed by atoms with van der Waals surface area (Å²) in [5, 5.41) is 11.9. The molecule has 1 aliphatic heterocycles. The fraction of sp³-hybridized carbons (Fsp3) is 0.360. The zero-order chi connectivity index (χ0) is 24.6. The molecule has 0 spiro atoms. The van der Waals surface area contributed by atoms with Crippen LogP contribution in [0, 0.1) is 17.0 Å². The van der Waals surface area contributed by atoms with Gasteiger partial charge in [0, 0.05) is 23.7 Å². The number of halogens is 1. The van der Waals surface area contributed by atoms with E-state index in [-0.39, 0.29) is 28.3 Å². The van der Waals surface area contributed by atoms with Crippen molar-refractivity contribution in [2.75, 3.05) is 26.2 Å². The van der Waals surface area contributed by atoms with Crippen LogP contribution in [0.5, 0.6) is 0 Å². The normalized spacial score (nSPS) is 15.4. The van der Waals surface area contributed by atoms with Gasteiger partial charge in [-0.2, -0.15) is 0 Å². The van der Waals surface area contributed by atoms with E-state index >= 15 is 0 Å². The molecule has 0 saturated carbocycles. The lowest BCUT2D eigenvalue weighted by molar-refractivity contribution is -0.384. The zero-order valence-corrected chi connectivity index (χ0v) is 20.1. The molecule has 1 unspecified atom stereocenters. The number of hydrogen-bond donors (Lipinski definition) is 0. The van der Waals surface area contributed by atoms with Gasteiger partial charge >= 0.3 is 0 Å². The lowest BCUT2D eigenvalue weighted by Gasteiger charge is -2.26. The molecule has 1 aliphatic rings. The smallest absolute Gasteiger partial charge is 0.290 e. The van der Waals surface area contributed by atoms with Crippen molar-refractivity contribution in [1.29, 1.82) is 0 Å². The summed E-state index contributed by atoms with van der Waals surface area (Å²) in [5.74, 6) is -0.338. The highest BCUT2D eigenvalue weighted by Gasteiger charge is 2.42. The third-order valence-electron chi connectivity index (χ3n) is 6.43. The maximum Gasteiger partial charge on any atom is 0.290 e. The lowest BCUT2D eigenvalue weighted by Crippen LogP contribution is -2.33. The second kappa shape index (κ2) is 9.56. The topological polar surface area (TPSA) is 96.9 Å². The van der Waals surface area contributed by atoms with Crippen molar-refractivity contribution in [3.63, 3.8) is 0 Å². The predicted octanol–water partition coefficient (Wildman–Crippen LogP) is 4.94. The summed E-state index contributed by atoms with van der Waals surface area (Å²) < 4.78 is 5.98. The van der Waals surface area contributed by atoms with Crippen LogP contribution < -0.4 is 5.43 Å². The Morgan fingerprint density at radius 3 is 2.44 bits per heavy atom. The average Bonchev–Trinajstić information content (AvgIpc) is 3.10. The molecule has 34 heavy (non-hydrogen) atoms. The number of carbonyl (C=O) groups excluding carboxylic acids is 1. The summed E-state index contributed by atoms with van der Waals surface area (Å²) in [6.45, 7) is 9.00. The number of benzene rings is 2. The average molecular weight is 484 g/mol. The Labute approximate surface area is 201 Å². The molecule has 1 atom stereocenters. The summed E-state index contributed by atoms with van der Waals surface area (Å²) in [6.07, 6.45) is 0.712. The minimum absolute atomic E-state index is 0.0189. The van der Waals surface area contributed by atoms with Gasteiger partial charge in [-0.15, -0.1) is 0 Å². The number of nitrogens with zero attached hydrogens (tertiary/aromatic N) is 3. The fourth-order valence-electron chi connectivity index (χ4n) is 4.50. The van der Waals surface area contributed by atoms with Gasteiger partial charge in [0.25, 0.3) is 11.6 Å². The highest BCUT2D eigenvalue weighted by atomic mass is 35.5. The SMILES string of the molecule is CCN(CC)CCCN1C(=O)c2oc3cc(C)c(Cl)cc3c(=O)c2C1c1ccc([N+](=O)[O-])cc1. The molecule has 4 rings (SSSR count). The third kappa shape index (κ3) is 4.19. The minimum Gasteiger partial charge on any atom is -0.450 e. The summed E-state index contributed by atoms with van der Waals surface area (Å²) in [5.41, 5.74) is 1.53. The molecule has 2 heterocycles. The lowest BCUT2D eigenvalue weighted by atomic mass is 9.98. The second-order valence-electron chi connectivity index (χ2n) is 8.40. The molecular weight excluding hydrogens is 458 g/mol. The van der Waals surface area contributed by atoms with Gasteiger partial charge in [0.05, 0.1) is 21.9 Å². The van der Waals surface area contributed by atoms with Crippen LogP contribution in [0.25, 0.3) is 11.0 Å². The number of nitro benzene ring substituents is 1. The number of hydrogen-bond acceptors (Lipinski definition) is 6. The Kier molecular flexibility index (Phi) is 6.72. The van der Waals surface area contributed by atoms with Crippen molar-refractivity contribution in [1.82, 2.24) is 9.80 Å². The Hall–Kier alpha value is -3.23. The number of carbonyl (C=O) groups is 1. The molecule has 1 aromatic heterocycles. The zero-order valence-electron chi connectivity index (χ0n) is 19.3. The molecular formula is C25H26ClN3O5. The van der Waals surface area contributed by atoms with Crippen LogP contribution in [-0.2, 0) is 0 Å². The first-order valence-electron chi connectivity index (χ1n) is 11.3. The largest absolute Gasteiger partial charge is 0.450 e. The van der Waals surface area contributed by atoms with Crippen molar-refractivity contribution < 1.29 is 14.1 Å². The van der Waals surface area contributed by atoms with E-state index in [1.54, 1.807) is 36.1 Å². The van der Waals surface area contributed by atoms with Gasteiger partial charge in [0.2, 0.25) is 5.76 Å². The van der Waals surface area contributed by atoms with Crippen LogP contribution in [0.3, 0.4) is 0 Å². The van der Waals surface area contributed by atoms with Crippen molar-refractivity contribution in [2.24, 2.45) is 0 Å². The first kappa shape index (κ1) is 23.9. The molecule has 0 aliphatic carbocycles. The Morgan fingerprint density at radius 2 is 1.82 bits per heavy atom. The Morgan fingerprint density at radius 1 is 1.15 bits per heavy atom. The molecule has 0 bridgehead atoms. The Bertz CT molecular complexity index is 1310. The van der Waals surface area contributed by atoms with Gasteiger partial charge in [-0.3, -0.25) is 19.7 Å². The van der Waals surface area contributed by atoms with Crippen LogP contribution in [0.15, 0.2) is 45.6 Å². The van der Waals surface area contributed by atoms with E-state index in [1.165, 1.54) is 12.1 Å². The van der Waals surface area contributed by atoms with Gasteiger partial charge in [-0.25, -0.2) is 0 Å². The van der Waals surface area contributed by atoms with Crippen LogP contribution in [0.1, 0.15) is 53.6 Å².